The molecule has 4 heterocycles. The number of rotatable bonds is 3. The van der Waals surface area contributed by atoms with Gasteiger partial charge in [-0.2, -0.15) is 5.26 Å². The lowest BCUT2D eigenvalue weighted by molar-refractivity contribution is -0.722. The number of quaternary nitrogens is 1. The second-order valence-corrected chi connectivity index (χ2v) is 15.1. The Labute approximate surface area is 321 Å². The van der Waals surface area contributed by atoms with Crippen molar-refractivity contribution in [2.24, 2.45) is 5.92 Å². The first-order valence-corrected chi connectivity index (χ1v) is 19.1. The summed E-state index contributed by atoms with van der Waals surface area (Å²) in [6.45, 7) is 2.20. The van der Waals surface area contributed by atoms with Crippen molar-refractivity contribution in [2.45, 2.75) is 13.3 Å². The van der Waals surface area contributed by atoms with Crippen LogP contribution in [0.1, 0.15) is 24.5 Å². The standard InChI is InChI=1S/C50H32N4O2/c1-29-21-26-44-40(27-29)38-23-22-36-32-13-4-8-19-43(32)53(47(36)48(38)54(44)55)46-30(28-51)11-10-16-35(46)31-12-2-6-17-41(31)52-42-18-7-3-14-33(42)37-24-25-39-34-15-5-9-20-45(34)56-50(39)49(37)52/h2-26,29,54H,27H2,1H3. The van der Waals surface area contributed by atoms with Gasteiger partial charge in [0.2, 0.25) is 0 Å². The summed E-state index contributed by atoms with van der Waals surface area (Å²) in [5.74, 6) is 0.345. The molecule has 0 bridgehead atoms. The van der Waals surface area contributed by atoms with E-state index in [-0.39, 0.29) is 5.06 Å². The Morgan fingerprint density at radius 1 is 0.643 bits per heavy atom. The van der Waals surface area contributed by atoms with Crippen LogP contribution < -0.4 is 5.06 Å². The maximum atomic E-state index is 14.6. The van der Waals surface area contributed by atoms with Gasteiger partial charge in [-0.1, -0.05) is 110 Å². The summed E-state index contributed by atoms with van der Waals surface area (Å²) < 4.78 is 11.2. The quantitative estimate of drug-likeness (QED) is 0.185. The van der Waals surface area contributed by atoms with Gasteiger partial charge in [0, 0.05) is 54.6 Å². The number of aromatic nitrogens is 2. The summed E-state index contributed by atoms with van der Waals surface area (Å²) in [7, 11) is 0. The number of benzene rings is 7. The van der Waals surface area contributed by atoms with Crippen LogP contribution in [0.2, 0.25) is 0 Å². The summed E-state index contributed by atoms with van der Waals surface area (Å²) >= 11 is 0. The molecule has 12 rings (SSSR count). The molecule has 0 saturated heterocycles. The van der Waals surface area contributed by atoms with Crippen LogP contribution in [0.4, 0.5) is 5.69 Å². The zero-order valence-corrected chi connectivity index (χ0v) is 30.4. The Morgan fingerprint density at radius 3 is 2.12 bits per heavy atom. The van der Waals surface area contributed by atoms with Crippen LogP contribution in [0.15, 0.2) is 162 Å². The van der Waals surface area contributed by atoms with Gasteiger partial charge < -0.3 is 23.8 Å². The topological polar surface area (TPSA) is 74.3 Å². The number of nitrogens with zero attached hydrogens (tertiary/aromatic N) is 3. The fraction of sp³-hybridized carbons (Fsp3) is 0.0600. The van der Waals surface area contributed by atoms with Crippen molar-refractivity contribution in [3.63, 3.8) is 0 Å². The van der Waals surface area contributed by atoms with Gasteiger partial charge in [-0.3, -0.25) is 0 Å². The van der Waals surface area contributed by atoms with E-state index in [4.69, 9.17) is 4.42 Å². The number of para-hydroxylation sites is 5. The van der Waals surface area contributed by atoms with Gasteiger partial charge in [-0.05, 0) is 60.9 Å². The Kier molecular flexibility index (Phi) is 6.37. The molecule has 56 heavy (non-hydrogen) atoms. The van der Waals surface area contributed by atoms with E-state index in [1.807, 2.05) is 42.5 Å². The average molecular weight is 721 g/mol. The second-order valence-electron chi connectivity index (χ2n) is 15.1. The number of fused-ring (bicyclic) bond motifs is 13. The lowest BCUT2D eigenvalue weighted by Gasteiger charge is -2.23. The molecule has 2 unspecified atom stereocenters. The number of hydrogen-bond acceptors (Lipinski definition) is 3. The van der Waals surface area contributed by atoms with Crippen molar-refractivity contribution in [3.8, 4) is 28.6 Å². The summed E-state index contributed by atoms with van der Waals surface area (Å²) in [5, 5.41) is 31.9. The predicted molar refractivity (Wildman–Crippen MR) is 226 cm³/mol. The van der Waals surface area contributed by atoms with Crippen molar-refractivity contribution in [1.29, 1.82) is 5.26 Å². The van der Waals surface area contributed by atoms with E-state index >= 15 is 0 Å². The van der Waals surface area contributed by atoms with Crippen LogP contribution in [-0.4, -0.2) is 9.13 Å². The maximum Gasteiger partial charge on any atom is 0.169 e. The molecule has 7 aromatic carbocycles. The Hall–Kier alpha value is -7.17. The van der Waals surface area contributed by atoms with Crippen molar-refractivity contribution in [2.75, 3.05) is 0 Å². The molecular weight excluding hydrogens is 689 g/mol. The van der Waals surface area contributed by atoms with Crippen LogP contribution in [0.25, 0.3) is 93.6 Å². The zero-order chi connectivity index (χ0) is 37.2. The molecule has 1 aliphatic carbocycles. The Morgan fingerprint density at radius 2 is 1.30 bits per heavy atom. The van der Waals surface area contributed by atoms with Crippen LogP contribution in [0.5, 0.6) is 0 Å². The van der Waals surface area contributed by atoms with Crippen molar-refractivity contribution >= 4 is 76.8 Å². The van der Waals surface area contributed by atoms with Crippen LogP contribution >= 0.6 is 0 Å². The average Bonchev–Trinajstić information content (AvgIpc) is 3.97. The lowest BCUT2D eigenvalue weighted by Crippen LogP contribution is -2.99. The minimum Gasteiger partial charge on any atom is -0.623 e. The highest BCUT2D eigenvalue weighted by atomic mass is 16.5. The third-order valence-electron chi connectivity index (χ3n) is 12.1. The highest BCUT2D eigenvalue weighted by Crippen LogP contribution is 2.47. The third kappa shape index (κ3) is 4.05. The van der Waals surface area contributed by atoms with Crippen LogP contribution in [0.3, 0.4) is 0 Å². The third-order valence-corrected chi connectivity index (χ3v) is 12.1. The molecule has 6 heteroatoms. The first-order valence-electron chi connectivity index (χ1n) is 19.1. The monoisotopic (exact) mass is 720 g/mol. The van der Waals surface area contributed by atoms with E-state index in [9.17, 15) is 10.5 Å². The number of hydrogen-bond donors (Lipinski definition) is 1. The maximum absolute atomic E-state index is 14.6. The molecule has 0 saturated carbocycles. The number of nitriles is 1. The summed E-state index contributed by atoms with van der Waals surface area (Å²) in [6.07, 6.45) is 4.98. The second kappa shape index (κ2) is 11.4. The fourth-order valence-electron chi connectivity index (χ4n) is 9.70. The summed E-state index contributed by atoms with van der Waals surface area (Å²) in [5.41, 5.74) is 13.2. The molecule has 10 aromatic rings. The highest BCUT2D eigenvalue weighted by Gasteiger charge is 2.36. The van der Waals surface area contributed by atoms with Gasteiger partial charge in [0.15, 0.2) is 11.3 Å². The summed E-state index contributed by atoms with van der Waals surface area (Å²) in [4.78, 5) is 0. The molecule has 0 radical (unpaired) electrons. The van der Waals surface area contributed by atoms with Crippen molar-refractivity contribution in [1.82, 2.24) is 9.13 Å². The van der Waals surface area contributed by atoms with Crippen molar-refractivity contribution in [3.05, 3.63) is 174 Å². The number of hydroxylamine groups is 1. The molecule has 2 aliphatic rings. The fourth-order valence-corrected chi connectivity index (χ4v) is 9.70. The molecule has 1 N–H and O–H groups in total. The molecule has 264 valence electrons. The van der Waals surface area contributed by atoms with Gasteiger partial charge in [0.1, 0.15) is 22.9 Å². The van der Waals surface area contributed by atoms with E-state index in [1.165, 1.54) is 0 Å². The minimum atomic E-state index is 0.0457. The van der Waals surface area contributed by atoms with E-state index in [2.05, 4.69) is 131 Å². The number of allylic oxidation sites excluding steroid dienone is 3. The van der Waals surface area contributed by atoms with E-state index in [0.717, 1.165) is 111 Å². The predicted octanol–water partition coefficient (Wildman–Crippen LogP) is 11.7. The molecule has 0 spiro atoms. The lowest BCUT2D eigenvalue weighted by atomic mass is 9.90. The van der Waals surface area contributed by atoms with Crippen LogP contribution in [0, 0.1) is 22.5 Å². The zero-order valence-electron chi connectivity index (χ0n) is 30.4. The van der Waals surface area contributed by atoms with Gasteiger partial charge in [0.25, 0.3) is 0 Å². The highest BCUT2D eigenvalue weighted by molar-refractivity contribution is 6.22. The van der Waals surface area contributed by atoms with Crippen molar-refractivity contribution < 1.29 is 9.48 Å². The van der Waals surface area contributed by atoms with E-state index in [0.29, 0.717) is 17.2 Å². The van der Waals surface area contributed by atoms with Gasteiger partial charge >= 0.3 is 0 Å². The smallest absolute Gasteiger partial charge is 0.169 e. The van der Waals surface area contributed by atoms with E-state index < -0.39 is 0 Å². The first kappa shape index (κ1) is 31.2. The van der Waals surface area contributed by atoms with E-state index in [1.54, 1.807) is 0 Å². The first-order chi connectivity index (χ1) is 27.6. The molecule has 3 aromatic heterocycles. The number of nitrogens with one attached hydrogen (secondary N) is 1. The van der Waals surface area contributed by atoms with Gasteiger partial charge in [-0.25, -0.2) is 0 Å². The molecule has 1 aliphatic heterocycles. The molecule has 2 atom stereocenters. The number of furan rings is 1. The minimum absolute atomic E-state index is 0.0457. The normalized spacial score (nSPS) is 16.5. The molecule has 0 amide bonds. The van der Waals surface area contributed by atoms with Gasteiger partial charge in [0.05, 0.1) is 33.5 Å². The molecule has 0 fully saturated rings. The van der Waals surface area contributed by atoms with Crippen LogP contribution in [-0.2, 0) is 0 Å². The van der Waals surface area contributed by atoms with Gasteiger partial charge in [-0.15, -0.1) is 0 Å². The Bertz CT molecular complexity index is 3460. The molecule has 6 nitrogen and oxygen atoms in total. The Balaban J connectivity index is 1.20. The summed E-state index contributed by atoms with van der Waals surface area (Å²) in [6, 6.07) is 50.6. The SMILES string of the molecule is CC1C=CC2=C(C1)c1ccc3c4ccccc4n(-c4c(C#N)cccc4-c4ccccc4-n4c5ccccc5c5ccc6c7ccccc7oc6c54)c3c1[NH+]2[O-]. The molecular formula is C50H32N4O2. The largest absolute Gasteiger partial charge is 0.623 e.